The number of halogens is 3. The lowest BCUT2D eigenvalue weighted by Gasteiger charge is -2.13. The van der Waals surface area contributed by atoms with Crippen molar-refractivity contribution in [3.8, 4) is 11.5 Å². The molecule has 0 aliphatic carbocycles. The molecule has 0 spiro atoms. The average Bonchev–Trinajstić information content (AvgIpc) is 3.12. The van der Waals surface area contributed by atoms with Crippen LogP contribution < -0.4 is 14.8 Å². The van der Waals surface area contributed by atoms with E-state index in [9.17, 15) is 13.6 Å². The van der Waals surface area contributed by atoms with Crippen molar-refractivity contribution in [2.24, 2.45) is 4.99 Å². The van der Waals surface area contributed by atoms with Crippen LogP contribution in [-0.4, -0.2) is 18.2 Å². The van der Waals surface area contributed by atoms with E-state index in [4.69, 9.17) is 21.1 Å². The third-order valence-electron chi connectivity index (χ3n) is 4.53. The lowest BCUT2D eigenvalue weighted by molar-refractivity contribution is -0.115. The summed E-state index contributed by atoms with van der Waals surface area (Å²) in [7, 11) is 1.47. The summed E-state index contributed by atoms with van der Waals surface area (Å²) in [6.45, 7) is 0.107. The van der Waals surface area contributed by atoms with Gasteiger partial charge in [-0.2, -0.15) is 0 Å². The minimum atomic E-state index is -0.364. The molecule has 9 heteroatoms. The Balaban J connectivity index is 1.53. The van der Waals surface area contributed by atoms with E-state index < -0.39 is 0 Å². The molecule has 4 rings (SSSR count). The molecular formula is C24H17ClF2N2O3S. The van der Waals surface area contributed by atoms with Gasteiger partial charge in [-0.15, -0.1) is 0 Å². The van der Waals surface area contributed by atoms with Crippen molar-refractivity contribution in [2.75, 3.05) is 7.11 Å². The maximum Gasteiger partial charge on any atom is 0.264 e. The van der Waals surface area contributed by atoms with Gasteiger partial charge in [-0.3, -0.25) is 4.79 Å². The second-order valence-electron chi connectivity index (χ2n) is 6.91. The number of hydrogen-bond donors (Lipinski definition) is 1. The van der Waals surface area contributed by atoms with Crippen LogP contribution in [0.1, 0.15) is 11.1 Å². The highest BCUT2D eigenvalue weighted by molar-refractivity contribution is 8.18. The van der Waals surface area contributed by atoms with Crippen LogP contribution >= 0.6 is 23.4 Å². The van der Waals surface area contributed by atoms with Gasteiger partial charge in [0.05, 0.1) is 22.7 Å². The maximum atomic E-state index is 13.4. The summed E-state index contributed by atoms with van der Waals surface area (Å²) in [4.78, 5) is 17.1. The lowest BCUT2D eigenvalue weighted by Crippen LogP contribution is -2.19. The van der Waals surface area contributed by atoms with Crippen LogP contribution in [0.3, 0.4) is 0 Å². The minimum absolute atomic E-state index is 0.107. The summed E-state index contributed by atoms with van der Waals surface area (Å²) in [6, 6.07) is 15.0. The molecule has 0 radical (unpaired) electrons. The molecule has 0 unspecified atom stereocenters. The number of thioether (sulfide) groups is 1. The van der Waals surface area contributed by atoms with Gasteiger partial charge in [0.1, 0.15) is 18.2 Å². The molecule has 33 heavy (non-hydrogen) atoms. The summed E-state index contributed by atoms with van der Waals surface area (Å²) < 4.78 is 37.6. The van der Waals surface area contributed by atoms with E-state index in [0.717, 1.165) is 11.8 Å². The highest BCUT2D eigenvalue weighted by Crippen LogP contribution is 2.38. The first-order valence-corrected chi connectivity index (χ1v) is 10.9. The van der Waals surface area contributed by atoms with Crippen molar-refractivity contribution >= 4 is 46.2 Å². The van der Waals surface area contributed by atoms with Crippen molar-refractivity contribution in [1.29, 1.82) is 0 Å². The zero-order valence-electron chi connectivity index (χ0n) is 17.3. The van der Waals surface area contributed by atoms with E-state index in [2.05, 4.69) is 10.3 Å². The number of benzene rings is 3. The van der Waals surface area contributed by atoms with Crippen molar-refractivity contribution < 1.29 is 23.0 Å². The van der Waals surface area contributed by atoms with E-state index in [1.165, 1.54) is 43.5 Å². The second-order valence-corrected chi connectivity index (χ2v) is 8.35. The van der Waals surface area contributed by atoms with Gasteiger partial charge in [-0.05, 0) is 77.5 Å². The van der Waals surface area contributed by atoms with Crippen LogP contribution in [-0.2, 0) is 11.4 Å². The Morgan fingerprint density at radius 1 is 1.09 bits per heavy atom. The van der Waals surface area contributed by atoms with Crippen LogP contribution in [0, 0.1) is 11.6 Å². The molecule has 1 amide bonds. The van der Waals surface area contributed by atoms with Crippen LogP contribution in [0.25, 0.3) is 6.08 Å². The first-order chi connectivity index (χ1) is 15.9. The highest BCUT2D eigenvalue weighted by atomic mass is 35.5. The molecule has 1 aliphatic rings. The molecule has 168 valence electrons. The van der Waals surface area contributed by atoms with Crippen molar-refractivity contribution in [1.82, 2.24) is 5.32 Å². The predicted molar refractivity (Wildman–Crippen MR) is 126 cm³/mol. The molecule has 3 aromatic rings. The van der Waals surface area contributed by atoms with Gasteiger partial charge in [-0.25, -0.2) is 13.8 Å². The highest BCUT2D eigenvalue weighted by Gasteiger charge is 2.24. The SMILES string of the molecule is COc1cc(/C=C2/SC(=Nc3ccc(F)cc3)NC2=O)cc(Cl)c1OCc1cccc(F)c1. The van der Waals surface area contributed by atoms with E-state index in [1.807, 2.05) is 0 Å². The summed E-state index contributed by atoms with van der Waals surface area (Å²) in [5.74, 6) is -0.355. The zero-order valence-corrected chi connectivity index (χ0v) is 18.8. The fourth-order valence-corrected chi connectivity index (χ4v) is 4.13. The van der Waals surface area contributed by atoms with Crippen LogP contribution in [0.2, 0.25) is 5.02 Å². The number of nitrogens with one attached hydrogen (secondary N) is 1. The Morgan fingerprint density at radius 2 is 1.88 bits per heavy atom. The Kier molecular flexibility index (Phi) is 6.96. The molecule has 1 saturated heterocycles. The molecule has 1 heterocycles. The third-order valence-corrected chi connectivity index (χ3v) is 5.72. The first-order valence-electron chi connectivity index (χ1n) is 9.71. The second kappa shape index (κ2) is 10.1. The largest absolute Gasteiger partial charge is 0.493 e. The molecule has 3 aromatic carbocycles. The quantitative estimate of drug-likeness (QED) is 0.428. The van der Waals surface area contributed by atoms with Gasteiger partial charge < -0.3 is 14.8 Å². The molecule has 1 N–H and O–H groups in total. The van der Waals surface area contributed by atoms with Gasteiger partial charge >= 0.3 is 0 Å². The number of carbonyl (C=O) groups is 1. The third kappa shape index (κ3) is 5.71. The van der Waals surface area contributed by atoms with Crippen LogP contribution in [0.15, 0.2) is 70.6 Å². The number of amidine groups is 1. The minimum Gasteiger partial charge on any atom is -0.493 e. The van der Waals surface area contributed by atoms with Crippen molar-refractivity contribution in [2.45, 2.75) is 6.61 Å². The molecule has 5 nitrogen and oxygen atoms in total. The normalized spacial score (nSPS) is 15.7. The fraction of sp³-hybridized carbons (Fsp3) is 0.0833. The van der Waals surface area contributed by atoms with E-state index >= 15 is 0 Å². The Bertz CT molecular complexity index is 1260. The molecule has 0 saturated carbocycles. The Morgan fingerprint density at radius 3 is 2.61 bits per heavy atom. The van der Waals surface area contributed by atoms with E-state index in [-0.39, 0.29) is 29.2 Å². The topological polar surface area (TPSA) is 59.9 Å². The molecule has 0 aromatic heterocycles. The lowest BCUT2D eigenvalue weighted by atomic mass is 10.1. The van der Waals surface area contributed by atoms with E-state index in [1.54, 1.807) is 30.3 Å². The summed E-state index contributed by atoms with van der Waals surface area (Å²) >= 11 is 7.56. The fourth-order valence-electron chi connectivity index (χ4n) is 3.01. The van der Waals surface area contributed by atoms with Crippen molar-refractivity contribution in [3.63, 3.8) is 0 Å². The number of nitrogens with zero attached hydrogens (tertiary/aromatic N) is 1. The van der Waals surface area contributed by atoms with Gasteiger partial charge in [0.15, 0.2) is 16.7 Å². The summed E-state index contributed by atoms with van der Waals surface area (Å²) in [5.41, 5.74) is 1.78. The molecule has 1 fully saturated rings. The zero-order chi connectivity index (χ0) is 23.4. The standard InChI is InChI=1S/C24H17ClF2N2O3S/c1-31-20-11-15(10-19(25)22(20)32-13-14-3-2-4-17(27)9-14)12-21-23(30)29-24(33-21)28-18-7-5-16(26)6-8-18/h2-12H,13H2,1H3,(H,28,29,30)/b21-12+. The van der Waals surface area contributed by atoms with Gasteiger partial charge in [-0.1, -0.05) is 23.7 Å². The Hall–Kier alpha value is -3.36. The predicted octanol–water partition coefficient (Wildman–Crippen LogP) is 6.10. The molecule has 1 aliphatic heterocycles. The maximum absolute atomic E-state index is 13.4. The first kappa shape index (κ1) is 22.8. The number of carbonyl (C=O) groups excluding carboxylic acids is 1. The van der Waals surface area contributed by atoms with Gasteiger partial charge in [0.2, 0.25) is 0 Å². The van der Waals surface area contributed by atoms with Gasteiger partial charge in [0.25, 0.3) is 5.91 Å². The monoisotopic (exact) mass is 486 g/mol. The summed E-state index contributed by atoms with van der Waals surface area (Å²) in [5, 5.41) is 3.34. The number of ether oxygens (including phenoxy) is 2. The number of rotatable bonds is 6. The van der Waals surface area contributed by atoms with Crippen molar-refractivity contribution in [3.05, 3.63) is 93.4 Å². The molecular weight excluding hydrogens is 470 g/mol. The number of amides is 1. The average molecular weight is 487 g/mol. The van der Waals surface area contributed by atoms with E-state index in [0.29, 0.717) is 38.4 Å². The smallest absolute Gasteiger partial charge is 0.264 e. The van der Waals surface area contributed by atoms with Crippen LogP contribution in [0.5, 0.6) is 11.5 Å². The summed E-state index contributed by atoms with van der Waals surface area (Å²) in [6.07, 6.45) is 1.65. The number of methoxy groups -OCH3 is 1. The molecule has 0 bridgehead atoms. The van der Waals surface area contributed by atoms with Crippen LogP contribution in [0.4, 0.5) is 14.5 Å². The number of aliphatic imine (C=N–C) groups is 1. The van der Waals surface area contributed by atoms with Gasteiger partial charge in [0, 0.05) is 0 Å². The number of hydrogen-bond acceptors (Lipinski definition) is 5. The Labute approximate surface area is 198 Å². The molecule has 0 atom stereocenters.